The Kier molecular flexibility index (Phi) is 5.23. The van der Waals surface area contributed by atoms with Gasteiger partial charge in [-0.1, -0.05) is 41.6 Å². The molecule has 0 radical (unpaired) electrons. The van der Waals surface area contributed by atoms with E-state index in [1.165, 1.54) is 30.2 Å². The smallest absolute Gasteiger partial charge is 0.258 e. The molecule has 0 aliphatic carbocycles. The summed E-state index contributed by atoms with van der Waals surface area (Å²) in [6, 6.07) is 14.1. The normalized spacial score (nSPS) is 13.9. The summed E-state index contributed by atoms with van der Waals surface area (Å²) in [6.45, 7) is 6.04. The zero-order chi connectivity index (χ0) is 21.4. The van der Waals surface area contributed by atoms with Crippen molar-refractivity contribution in [2.75, 3.05) is 18.0 Å². The van der Waals surface area contributed by atoms with Gasteiger partial charge in [-0.05, 0) is 50.5 Å². The molecule has 0 saturated carbocycles. The maximum Gasteiger partial charge on any atom is 0.258 e. The monoisotopic (exact) mass is 432 g/mol. The number of anilines is 1. The van der Waals surface area contributed by atoms with E-state index in [1.54, 1.807) is 6.07 Å². The van der Waals surface area contributed by atoms with Gasteiger partial charge in [-0.3, -0.25) is 9.36 Å². The summed E-state index contributed by atoms with van der Waals surface area (Å²) in [4.78, 5) is 22.4. The number of para-hydroxylation sites is 1. The minimum absolute atomic E-state index is 0.109. The Balaban J connectivity index is 1.49. The predicted octanol–water partition coefficient (Wildman–Crippen LogP) is 4.01. The van der Waals surface area contributed by atoms with Crippen molar-refractivity contribution in [3.63, 3.8) is 0 Å². The zero-order valence-corrected chi connectivity index (χ0v) is 18.4. The SMILES string of the molecule is Cc1ccc(-n2c(SCc3nc4c(C)cccc4c(=O)[nH]3)nnc2N2CCCC2)cc1. The molecule has 0 bridgehead atoms. The number of fused-ring (bicyclic) bond motifs is 1. The second kappa shape index (κ2) is 8.19. The molecular formula is C23H24N6OS. The lowest BCUT2D eigenvalue weighted by atomic mass is 10.1. The van der Waals surface area contributed by atoms with Crippen LogP contribution in [-0.2, 0) is 5.75 Å². The van der Waals surface area contributed by atoms with E-state index in [9.17, 15) is 4.79 Å². The van der Waals surface area contributed by atoms with Crippen LogP contribution in [0.3, 0.4) is 0 Å². The first-order valence-corrected chi connectivity index (χ1v) is 11.5. The maximum atomic E-state index is 12.5. The van der Waals surface area contributed by atoms with Crippen LogP contribution in [0.2, 0.25) is 0 Å². The molecule has 0 amide bonds. The van der Waals surface area contributed by atoms with Crippen molar-refractivity contribution < 1.29 is 0 Å². The molecule has 0 unspecified atom stereocenters. The van der Waals surface area contributed by atoms with Crippen molar-refractivity contribution in [1.82, 2.24) is 24.7 Å². The average Bonchev–Trinajstić information content (AvgIpc) is 3.43. The Labute approximate surface area is 184 Å². The van der Waals surface area contributed by atoms with Gasteiger partial charge >= 0.3 is 0 Å². The van der Waals surface area contributed by atoms with Crippen LogP contribution in [0.5, 0.6) is 0 Å². The number of thioether (sulfide) groups is 1. The summed E-state index contributed by atoms with van der Waals surface area (Å²) in [6.07, 6.45) is 2.34. The molecule has 2 aromatic carbocycles. The van der Waals surface area contributed by atoms with Gasteiger partial charge in [0.1, 0.15) is 5.82 Å². The number of rotatable bonds is 5. The summed E-state index contributed by atoms with van der Waals surface area (Å²) < 4.78 is 2.11. The van der Waals surface area contributed by atoms with Crippen molar-refractivity contribution in [2.45, 2.75) is 37.6 Å². The number of nitrogens with one attached hydrogen (secondary N) is 1. The van der Waals surface area contributed by atoms with Gasteiger partial charge < -0.3 is 9.88 Å². The number of nitrogens with zero attached hydrogens (tertiary/aromatic N) is 5. The van der Waals surface area contributed by atoms with Gasteiger partial charge in [0, 0.05) is 13.1 Å². The van der Waals surface area contributed by atoms with Crippen molar-refractivity contribution in [3.05, 3.63) is 69.8 Å². The van der Waals surface area contributed by atoms with Crippen molar-refractivity contribution >= 4 is 28.6 Å². The summed E-state index contributed by atoms with van der Waals surface area (Å²) in [5.41, 5.74) is 3.88. The average molecular weight is 433 g/mol. The molecule has 7 nitrogen and oxygen atoms in total. The van der Waals surface area contributed by atoms with E-state index in [4.69, 9.17) is 4.98 Å². The van der Waals surface area contributed by atoms with Crippen LogP contribution in [0.1, 0.15) is 29.8 Å². The number of H-pyrrole nitrogens is 1. The van der Waals surface area contributed by atoms with Crippen LogP contribution >= 0.6 is 11.8 Å². The summed E-state index contributed by atoms with van der Waals surface area (Å²) in [5.74, 6) is 2.02. The number of aromatic nitrogens is 5. The molecule has 1 saturated heterocycles. The highest BCUT2D eigenvalue weighted by molar-refractivity contribution is 7.98. The highest BCUT2D eigenvalue weighted by atomic mass is 32.2. The van der Waals surface area contributed by atoms with E-state index < -0.39 is 0 Å². The summed E-state index contributed by atoms with van der Waals surface area (Å²) >= 11 is 1.53. The lowest BCUT2D eigenvalue weighted by Gasteiger charge is -2.18. The van der Waals surface area contributed by atoms with Gasteiger partial charge in [-0.2, -0.15) is 0 Å². The van der Waals surface area contributed by atoms with E-state index in [-0.39, 0.29) is 5.56 Å². The van der Waals surface area contributed by atoms with Gasteiger partial charge in [-0.15, -0.1) is 10.2 Å². The van der Waals surface area contributed by atoms with Crippen LogP contribution < -0.4 is 10.5 Å². The third-order valence-corrected chi connectivity index (χ3v) is 6.56. The molecule has 1 N–H and O–H groups in total. The molecule has 31 heavy (non-hydrogen) atoms. The van der Waals surface area contributed by atoms with E-state index in [1.807, 2.05) is 19.1 Å². The Bertz CT molecular complexity index is 1290. The van der Waals surface area contributed by atoms with Gasteiger partial charge in [0.25, 0.3) is 5.56 Å². The summed E-state index contributed by atoms with van der Waals surface area (Å²) in [5, 5.41) is 10.4. The molecule has 1 aliphatic rings. The van der Waals surface area contributed by atoms with Gasteiger partial charge in [0.15, 0.2) is 5.16 Å². The Morgan fingerprint density at radius 2 is 1.81 bits per heavy atom. The fraction of sp³-hybridized carbons (Fsp3) is 0.304. The summed E-state index contributed by atoms with van der Waals surface area (Å²) in [7, 11) is 0. The van der Waals surface area contributed by atoms with Crippen molar-refractivity contribution in [2.24, 2.45) is 0 Å². The molecule has 1 aliphatic heterocycles. The quantitative estimate of drug-likeness (QED) is 0.480. The van der Waals surface area contributed by atoms with Gasteiger partial charge in [0.05, 0.1) is 22.3 Å². The number of benzene rings is 2. The van der Waals surface area contributed by atoms with Crippen molar-refractivity contribution in [1.29, 1.82) is 0 Å². The fourth-order valence-corrected chi connectivity index (χ4v) is 4.77. The third kappa shape index (κ3) is 3.83. The molecule has 1 fully saturated rings. The maximum absolute atomic E-state index is 12.5. The van der Waals surface area contributed by atoms with E-state index in [0.717, 1.165) is 41.0 Å². The topological polar surface area (TPSA) is 79.7 Å². The van der Waals surface area contributed by atoms with Crippen LogP contribution in [0, 0.1) is 13.8 Å². The van der Waals surface area contributed by atoms with Crippen LogP contribution in [0.25, 0.3) is 16.6 Å². The minimum Gasteiger partial charge on any atom is -0.341 e. The van der Waals surface area contributed by atoms with Crippen LogP contribution in [-0.4, -0.2) is 37.8 Å². The molecule has 2 aromatic heterocycles. The lowest BCUT2D eigenvalue weighted by Crippen LogP contribution is -2.22. The van der Waals surface area contributed by atoms with Crippen LogP contribution in [0.15, 0.2) is 52.4 Å². The molecule has 158 valence electrons. The Morgan fingerprint density at radius 3 is 2.58 bits per heavy atom. The number of aryl methyl sites for hydroxylation is 2. The molecule has 4 aromatic rings. The first-order chi connectivity index (χ1) is 15.1. The molecule has 5 rings (SSSR count). The van der Waals surface area contributed by atoms with E-state index >= 15 is 0 Å². The number of aromatic amines is 1. The molecule has 0 spiro atoms. The van der Waals surface area contributed by atoms with Crippen molar-refractivity contribution in [3.8, 4) is 5.69 Å². The molecule has 0 atom stereocenters. The number of hydrogen-bond donors (Lipinski definition) is 1. The molecular weight excluding hydrogens is 408 g/mol. The third-order valence-electron chi connectivity index (χ3n) is 5.62. The largest absolute Gasteiger partial charge is 0.341 e. The standard InChI is InChI=1S/C23H24N6OS/c1-15-8-10-17(11-9-15)29-22(28-12-3-4-13-28)26-27-23(29)31-14-19-24-20-16(2)6-5-7-18(20)21(30)25-19/h5-11H,3-4,12-14H2,1-2H3,(H,24,25,30). The predicted molar refractivity (Wildman–Crippen MR) is 124 cm³/mol. The lowest BCUT2D eigenvalue weighted by molar-refractivity contribution is 0.840. The zero-order valence-electron chi connectivity index (χ0n) is 17.6. The second-order valence-electron chi connectivity index (χ2n) is 7.92. The Morgan fingerprint density at radius 1 is 1.03 bits per heavy atom. The van der Waals surface area contributed by atoms with E-state index in [0.29, 0.717) is 17.0 Å². The first kappa shape index (κ1) is 19.8. The van der Waals surface area contributed by atoms with E-state index in [2.05, 4.69) is 55.8 Å². The fourth-order valence-electron chi connectivity index (χ4n) is 3.95. The highest BCUT2D eigenvalue weighted by Gasteiger charge is 2.22. The molecule has 8 heteroatoms. The second-order valence-corrected chi connectivity index (χ2v) is 8.86. The van der Waals surface area contributed by atoms with Gasteiger partial charge in [0.2, 0.25) is 5.95 Å². The molecule has 3 heterocycles. The minimum atomic E-state index is -0.109. The highest BCUT2D eigenvalue weighted by Crippen LogP contribution is 2.30. The van der Waals surface area contributed by atoms with Gasteiger partial charge in [-0.25, -0.2) is 4.98 Å². The number of hydrogen-bond acceptors (Lipinski definition) is 6. The Hall–Kier alpha value is -3.13. The van der Waals surface area contributed by atoms with Crippen LogP contribution in [0.4, 0.5) is 5.95 Å². The first-order valence-electron chi connectivity index (χ1n) is 10.5.